The molecule has 2 rings (SSSR count). The number of thiophene rings is 1. The summed E-state index contributed by atoms with van der Waals surface area (Å²) in [6, 6.07) is 7.53. The molecule has 1 amide bonds. The molecule has 1 aromatic heterocycles. The zero-order valence-corrected chi connectivity index (χ0v) is 10.1. The predicted molar refractivity (Wildman–Crippen MR) is 70.0 cm³/mol. The van der Waals surface area contributed by atoms with E-state index in [0.29, 0.717) is 5.02 Å². The molecule has 84 valence electrons. The zero-order valence-electron chi connectivity index (χ0n) is 8.50. The largest absolute Gasteiger partial charge is 0.288 e. The van der Waals surface area contributed by atoms with E-state index in [1.807, 2.05) is 24.3 Å². The first-order valence-electron chi connectivity index (χ1n) is 4.65. The minimum absolute atomic E-state index is 0.608. The fourth-order valence-electron chi connectivity index (χ4n) is 1.35. The normalized spacial score (nSPS) is 10.6. The van der Waals surface area contributed by atoms with Crippen LogP contribution in [0, 0.1) is 0 Å². The second-order valence-corrected chi connectivity index (χ2v) is 4.74. The number of amides is 1. The van der Waals surface area contributed by atoms with E-state index in [1.165, 1.54) is 17.4 Å². The van der Waals surface area contributed by atoms with Crippen molar-refractivity contribution in [1.29, 1.82) is 0 Å². The Morgan fingerprint density at radius 1 is 1.47 bits per heavy atom. The number of hydrogen-bond donors (Lipinski definition) is 0. The minimum atomic E-state index is -0.608. The molecular formula is C11H6ClN3OS. The SMILES string of the molecule is [N-]=[N+]=NC(=O)C=Cc1cc2cc(Cl)ccc2s1. The lowest BCUT2D eigenvalue weighted by Crippen LogP contribution is -1.80. The summed E-state index contributed by atoms with van der Waals surface area (Å²) in [5.74, 6) is -0.608. The Kier molecular flexibility index (Phi) is 3.44. The average Bonchev–Trinajstić information content (AvgIpc) is 2.68. The van der Waals surface area contributed by atoms with Crippen LogP contribution in [0.15, 0.2) is 35.5 Å². The molecule has 1 aromatic carbocycles. The zero-order chi connectivity index (χ0) is 12.3. The van der Waals surface area contributed by atoms with Gasteiger partial charge in [-0.2, -0.15) is 0 Å². The molecule has 0 atom stereocenters. The van der Waals surface area contributed by atoms with Crippen LogP contribution in [0.2, 0.25) is 5.02 Å². The summed E-state index contributed by atoms with van der Waals surface area (Å²) in [6.07, 6.45) is 2.86. The highest BCUT2D eigenvalue weighted by molar-refractivity contribution is 7.19. The van der Waals surface area contributed by atoms with E-state index in [-0.39, 0.29) is 0 Å². The van der Waals surface area contributed by atoms with Gasteiger partial charge in [0.25, 0.3) is 0 Å². The van der Waals surface area contributed by atoms with Crippen LogP contribution in [0.5, 0.6) is 0 Å². The molecule has 0 bridgehead atoms. The molecule has 0 aliphatic carbocycles. The van der Waals surface area contributed by atoms with Gasteiger partial charge in [-0.25, -0.2) is 0 Å². The monoisotopic (exact) mass is 263 g/mol. The van der Waals surface area contributed by atoms with E-state index in [9.17, 15) is 4.79 Å². The van der Waals surface area contributed by atoms with Crippen LogP contribution in [0.4, 0.5) is 0 Å². The fourth-order valence-corrected chi connectivity index (χ4v) is 2.48. The first kappa shape index (κ1) is 11.7. The van der Waals surface area contributed by atoms with E-state index in [4.69, 9.17) is 17.1 Å². The lowest BCUT2D eigenvalue weighted by atomic mass is 10.2. The summed E-state index contributed by atoms with van der Waals surface area (Å²) in [4.78, 5) is 14.3. The summed E-state index contributed by atoms with van der Waals surface area (Å²) in [5.41, 5.74) is 8.07. The number of carbonyl (C=O) groups excluding carboxylic acids is 1. The number of fused-ring (bicyclic) bond motifs is 1. The lowest BCUT2D eigenvalue weighted by molar-refractivity contribution is -0.113. The smallest absolute Gasteiger partial charge is 0.242 e. The first-order valence-corrected chi connectivity index (χ1v) is 5.85. The molecule has 6 heteroatoms. The Hall–Kier alpha value is -1.81. The maximum absolute atomic E-state index is 11.0. The lowest BCUT2D eigenvalue weighted by Gasteiger charge is -1.87. The highest BCUT2D eigenvalue weighted by Gasteiger charge is 2.00. The van der Waals surface area contributed by atoms with Crippen LogP contribution in [0.3, 0.4) is 0 Å². The van der Waals surface area contributed by atoms with Gasteiger partial charge >= 0.3 is 0 Å². The molecule has 4 nitrogen and oxygen atoms in total. The van der Waals surface area contributed by atoms with Crippen molar-refractivity contribution in [1.82, 2.24) is 0 Å². The topological polar surface area (TPSA) is 65.8 Å². The molecule has 0 unspecified atom stereocenters. The Labute approximate surface area is 106 Å². The summed E-state index contributed by atoms with van der Waals surface area (Å²) in [7, 11) is 0. The van der Waals surface area contributed by atoms with Gasteiger partial charge in [-0.05, 0) is 52.4 Å². The molecule has 0 saturated carbocycles. The quantitative estimate of drug-likeness (QED) is 0.343. The molecule has 1 heterocycles. The standard InChI is InChI=1S/C11H6ClN3OS/c12-8-1-3-10-7(5-8)6-9(17-10)2-4-11(16)14-15-13/h1-6H. The molecule has 0 radical (unpaired) electrons. The van der Waals surface area contributed by atoms with Gasteiger partial charge in [0.1, 0.15) is 0 Å². The number of rotatable bonds is 2. The van der Waals surface area contributed by atoms with Crippen molar-refractivity contribution < 1.29 is 4.79 Å². The molecule has 0 fully saturated rings. The van der Waals surface area contributed by atoms with E-state index in [1.54, 1.807) is 6.08 Å². The van der Waals surface area contributed by atoms with Gasteiger partial charge < -0.3 is 0 Å². The number of benzene rings is 1. The minimum Gasteiger partial charge on any atom is -0.288 e. The summed E-state index contributed by atoms with van der Waals surface area (Å²) in [5, 5.41) is 4.65. The number of azide groups is 1. The molecule has 17 heavy (non-hydrogen) atoms. The second kappa shape index (κ2) is 5.01. The highest BCUT2D eigenvalue weighted by Crippen LogP contribution is 2.28. The number of nitrogens with zero attached hydrogens (tertiary/aromatic N) is 3. The van der Waals surface area contributed by atoms with Gasteiger partial charge in [-0.1, -0.05) is 11.6 Å². The van der Waals surface area contributed by atoms with Crippen molar-refractivity contribution in [3.63, 3.8) is 0 Å². The third kappa shape index (κ3) is 2.85. The van der Waals surface area contributed by atoms with Crippen molar-refractivity contribution in [2.24, 2.45) is 5.11 Å². The maximum Gasteiger partial charge on any atom is 0.242 e. The summed E-state index contributed by atoms with van der Waals surface area (Å²) in [6.45, 7) is 0. The van der Waals surface area contributed by atoms with Crippen molar-refractivity contribution in [2.45, 2.75) is 0 Å². The molecule has 0 spiro atoms. The first-order chi connectivity index (χ1) is 8.19. The van der Waals surface area contributed by atoms with Crippen LogP contribution >= 0.6 is 22.9 Å². The number of halogens is 1. The Balaban J connectivity index is 2.31. The van der Waals surface area contributed by atoms with Gasteiger partial charge in [-0.3, -0.25) is 4.79 Å². The van der Waals surface area contributed by atoms with Gasteiger partial charge in [-0.15, -0.1) is 11.3 Å². The number of carbonyl (C=O) groups is 1. The molecule has 0 aliphatic rings. The Morgan fingerprint density at radius 2 is 2.29 bits per heavy atom. The molecule has 0 N–H and O–H groups in total. The molecule has 2 aromatic rings. The van der Waals surface area contributed by atoms with Crippen LogP contribution in [0.25, 0.3) is 26.6 Å². The van der Waals surface area contributed by atoms with E-state index < -0.39 is 5.91 Å². The summed E-state index contributed by atoms with van der Waals surface area (Å²) >= 11 is 7.41. The molecular weight excluding hydrogens is 258 g/mol. The third-order valence-corrected chi connectivity index (χ3v) is 3.35. The maximum atomic E-state index is 11.0. The predicted octanol–water partition coefficient (Wildman–Crippen LogP) is 4.40. The van der Waals surface area contributed by atoms with Crippen LogP contribution in [0.1, 0.15) is 4.88 Å². The van der Waals surface area contributed by atoms with Gasteiger partial charge in [0, 0.05) is 19.5 Å². The Bertz CT molecular complexity index is 656. The van der Waals surface area contributed by atoms with Crippen molar-refractivity contribution >= 4 is 45.0 Å². The van der Waals surface area contributed by atoms with E-state index >= 15 is 0 Å². The van der Waals surface area contributed by atoms with Gasteiger partial charge in [0.05, 0.1) is 0 Å². The van der Waals surface area contributed by atoms with Crippen molar-refractivity contribution in [3.8, 4) is 0 Å². The number of hydrogen-bond acceptors (Lipinski definition) is 2. The van der Waals surface area contributed by atoms with Gasteiger partial charge in [0.2, 0.25) is 5.91 Å². The van der Waals surface area contributed by atoms with E-state index in [0.717, 1.165) is 15.0 Å². The van der Waals surface area contributed by atoms with Crippen LogP contribution in [-0.4, -0.2) is 5.91 Å². The summed E-state index contributed by atoms with van der Waals surface area (Å²) < 4.78 is 1.09. The third-order valence-electron chi connectivity index (χ3n) is 2.03. The van der Waals surface area contributed by atoms with E-state index in [2.05, 4.69) is 10.0 Å². The Morgan fingerprint density at radius 3 is 3.06 bits per heavy atom. The van der Waals surface area contributed by atoms with Gasteiger partial charge in [0.15, 0.2) is 0 Å². The van der Waals surface area contributed by atoms with Crippen LogP contribution in [-0.2, 0) is 4.79 Å². The second-order valence-electron chi connectivity index (χ2n) is 3.19. The van der Waals surface area contributed by atoms with Crippen LogP contribution < -0.4 is 0 Å². The average molecular weight is 264 g/mol. The fraction of sp³-hybridized carbons (Fsp3) is 0. The highest BCUT2D eigenvalue weighted by atomic mass is 35.5. The molecule has 0 aliphatic heterocycles. The van der Waals surface area contributed by atoms with Crippen molar-refractivity contribution in [3.05, 3.63) is 50.7 Å². The van der Waals surface area contributed by atoms with Crippen molar-refractivity contribution in [2.75, 3.05) is 0 Å². The molecule has 0 saturated heterocycles.